The Morgan fingerprint density at radius 3 is 2.13 bits per heavy atom. The minimum Gasteiger partial charge on any atom is -0.396 e. The van der Waals surface area contributed by atoms with Gasteiger partial charge in [0.2, 0.25) is 0 Å². The molecule has 0 aromatic heterocycles. The van der Waals surface area contributed by atoms with Crippen LogP contribution in [-0.2, 0) is 23.7 Å². The van der Waals surface area contributed by atoms with Crippen molar-refractivity contribution in [2.75, 3.05) is 19.8 Å². The average Bonchev–Trinajstić information content (AvgIpc) is 3.41. The second-order valence-corrected chi connectivity index (χ2v) is 21.0. The van der Waals surface area contributed by atoms with Gasteiger partial charge in [0.05, 0.1) is 43.7 Å². The first-order valence-electron chi connectivity index (χ1n) is 20.9. The number of ether oxygens (including phenoxy) is 5. The van der Waals surface area contributed by atoms with Crippen molar-refractivity contribution in [3.8, 4) is 0 Å². The van der Waals surface area contributed by atoms with Crippen molar-refractivity contribution in [2.24, 2.45) is 50.2 Å². The van der Waals surface area contributed by atoms with E-state index in [1.165, 1.54) is 0 Å². The van der Waals surface area contributed by atoms with Crippen LogP contribution in [0.3, 0.4) is 0 Å². The molecule has 5 aliphatic carbocycles. The quantitative estimate of drug-likeness (QED) is 0.143. The van der Waals surface area contributed by atoms with Gasteiger partial charge in [-0.1, -0.05) is 53.7 Å². The maximum Gasteiger partial charge on any atom is 0.187 e. The first kappa shape index (κ1) is 41.0. The van der Waals surface area contributed by atoms with Crippen molar-refractivity contribution in [3.63, 3.8) is 0 Å². The summed E-state index contributed by atoms with van der Waals surface area (Å²) in [4.78, 5) is 0. The van der Waals surface area contributed by atoms with Crippen LogP contribution < -0.4 is 0 Å². The first-order chi connectivity index (χ1) is 25.7. The van der Waals surface area contributed by atoms with E-state index in [9.17, 15) is 40.9 Å². The number of aliphatic hydroxyl groups is 8. The molecule has 8 rings (SSSR count). The van der Waals surface area contributed by atoms with Gasteiger partial charge < -0.3 is 64.5 Å². The summed E-state index contributed by atoms with van der Waals surface area (Å²) < 4.78 is 31.2. The van der Waals surface area contributed by atoms with Crippen molar-refractivity contribution in [1.29, 1.82) is 0 Å². The lowest BCUT2D eigenvalue weighted by molar-refractivity contribution is -0.367. The Balaban J connectivity index is 1.05. The molecule has 3 heterocycles. The van der Waals surface area contributed by atoms with Gasteiger partial charge in [0.15, 0.2) is 12.6 Å². The molecule has 8 N–H and O–H groups in total. The van der Waals surface area contributed by atoms with Crippen molar-refractivity contribution >= 4 is 0 Å². The highest BCUT2D eigenvalue weighted by atomic mass is 16.7. The van der Waals surface area contributed by atoms with Crippen LogP contribution in [0.2, 0.25) is 0 Å². The topological polar surface area (TPSA) is 208 Å². The number of rotatable bonds is 6. The van der Waals surface area contributed by atoms with Gasteiger partial charge in [-0.3, -0.25) is 0 Å². The standard InChI is InChI=1S/C42H68O13/c1-21-28(46)33(55-34-31(49)30(48)29(47)22(18-43)53-34)32(50)35(52-21)54-27-10-11-37(4)23(38(27,5)19-44)8-12-39(6)24(37)9-13-42-25-16-36(2,3)14-15-41(25,20-51-42)26(45)17-40(39,42)7/h9,13,21-35,43-50H,8,10-12,14-20H2,1-7H3/t21-,22-,23+,24-,25+,26+,27+,28+,29-,30-,31-,32-,33-,34+,35+,37+,38+,39-,40+,41-,42+/m1/s1. The van der Waals surface area contributed by atoms with Gasteiger partial charge in [-0.15, -0.1) is 0 Å². The summed E-state index contributed by atoms with van der Waals surface area (Å²) in [6, 6.07) is 0. The zero-order valence-corrected chi connectivity index (χ0v) is 33.7. The molecule has 2 bridgehead atoms. The molecule has 13 nitrogen and oxygen atoms in total. The fraction of sp³-hybridized carbons (Fsp3) is 0.952. The molecule has 7 fully saturated rings. The van der Waals surface area contributed by atoms with Crippen LogP contribution in [0.1, 0.15) is 99.8 Å². The molecular formula is C42H68O13. The second-order valence-electron chi connectivity index (χ2n) is 21.0. The molecule has 0 unspecified atom stereocenters. The van der Waals surface area contributed by atoms with Crippen molar-refractivity contribution in [1.82, 2.24) is 0 Å². The van der Waals surface area contributed by atoms with Gasteiger partial charge in [0.1, 0.15) is 42.7 Å². The Morgan fingerprint density at radius 2 is 1.44 bits per heavy atom. The Bertz CT molecular complexity index is 1490. The minimum absolute atomic E-state index is 0.0414. The van der Waals surface area contributed by atoms with Gasteiger partial charge in [-0.05, 0) is 86.4 Å². The zero-order chi connectivity index (χ0) is 39.9. The van der Waals surface area contributed by atoms with Gasteiger partial charge in [0, 0.05) is 22.2 Å². The van der Waals surface area contributed by atoms with E-state index in [4.69, 9.17) is 23.7 Å². The van der Waals surface area contributed by atoms with E-state index < -0.39 is 91.2 Å². The Labute approximate surface area is 325 Å². The molecule has 0 amide bonds. The molecule has 21 atom stereocenters. The molecule has 8 aliphatic rings. The van der Waals surface area contributed by atoms with E-state index in [1.807, 2.05) is 0 Å². The summed E-state index contributed by atoms with van der Waals surface area (Å²) in [5.41, 5.74) is -1.90. The number of allylic oxidation sites excluding steroid dienone is 1. The normalized spacial score (nSPS) is 59.7. The van der Waals surface area contributed by atoms with E-state index in [0.29, 0.717) is 19.4 Å². The molecule has 0 radical (unpaired) electrons. The molecular weight excluding hydrogens is 712 g/mol. The second kappa shape index (κ2) is 13.4. The molecule has 0 aromatic carbocycles. The predicted molar refractivity (Wildman–Crippen MR) is 197 cm³/mol. The van der Waals surface area contributed by atoms with Gasteiger partial charge in [-0.2, -0.15) is 0 Å². The molecule has 0 aromatic rings. The van der Waals surface area contributed by atoms with E-state index in [0.717, 1.165) is 38.5 Å². The van der Waals surface area contributed by atoms with Crippen LogP contribution in [-0.4, -0.2) is 140 Å². The number of aliphatic hydroxyl groups excluding tert-OH is 8. The van der Waals surface area contributed by atoms with E-state index in [2.05, 4.69) is 53.7 Å². The molecule has 4 saturated carbocycles. The van der Waals surface area contributed by atoms with Crippen molar-refractivity contribution < 1.29 is 64.5 Å². The molecule has 3 saturated heterocycles. The predicted octanol–water partition coefficient (Wildman–Crippen LogP) is 1.78. The molecule has 13 heteroatoms. The third kappa shape index (κ3) is 5.44. The summed E-state index contributed by atoms with van der Waals surface area (Å²) in [7, 11) is 0. The van der Waals surface area contributed by atoms with Gasteiger partial charge >= 0.3 is 0 Å². The molecule has 314 valence electrons. The highest BCUT2D eigenvalue weighted by Gasteiger charge is 2.79. The molecule has 3 aliphatic heterocycles. The largest absolute Gasteiger partial charge is 0.396 e. The van der Waals surface area contributed by atoms with E-state index >= 15 is 0 Å². The monoisotopic (exact) mass is 780 g/mol. The number of hydrogen-bond acceptors (Lipinski definition) is 13. The lowest BCUT2D eigenvalue weighted by atomic mass is 9.32. The molecule has 1 spiro atoms. The number of fused-ring (bicyclic) bond motifs is 4. The van der Waals surface area contributed by atoms with Crippen molar-refractivity contribution in [3.05, 3.63) is 12.2 Å². The summed E-state index contributed by atoms with van der Waals surface area (Å²) >= 11 is 0. The highest BCUT2D eigenvalue weighted by molar-refractivity contribution is 5.36. The SMILES string of the molecule is C[C@H]1O[C@@H](O[C@H]2CC[C@@]3(C)[C@H](CC[C@]4(C)[C@@H]3C=C[C@]35OC[C@@]6(CCC(C)(C)C[C@@H]63)[C@@H](O)C[C@]54C)[C@]2(C)CO)[C@H](O)[C@H](O[C@@H]2O[C@H](CO)[C@@H](O)[C@@H](O)[C@H]2O)[C@H]1O. The van der Waals surface area contributed by atoms with Crippen LogP contribution >= 0.6 is 0 Å². The minimum atomic E-state index is -1.72. The average molecular weight is 781 g/mol. The maximum atomic E-state index is 12.1. The summed E-state index contributed by atoms with van der Waals surface area (Å²) in [6.07, 6.45) is -3.39. The van der Waals surface area contributed by atoms with Crippen LogP contribution in [0.25, 0.3) is 0 Å². The zero-order valence-electron chi connectivity index (χ0n) is 33.7. The lowest BCUT2D eigenvalue weighted by Crippen LogP contribution is -2.72. The fourth-order valence-electron chi connectivity index (χ4n) is 14.3. The van der Waals surface area contributed by atoms with Gasteiger partial charge in [0.25, 0.3) is 0 Å². The lowest BCUT2D eigenvalue weighted by Gasteiger charge is -2.73. The van der Waals surface area contributed by atoms with Crippen molar-refractivity contribution in [2.45, 2.75) is 179 Å². The van der Waals surface area contributed by atoms with Crippen LogP contribution in [0.5, 0.6) is 0 Å². The van der Waals surface area contributed by atoms with Crippen LogP contribution in [0, 0.1) is 50.2 Å². The maximum absolute atomic E-state index is 12.1. The van der Waals surface area contributed by atoms with Gasteiger partial charge in [-0.25, -0.2) is 0 Å². The Kier molecular flexibility index (Phi) is 9.95. The highest BCUT2D eigenvalue weighted by Crippen LogP contribution is 2.79. The third-order valence-corrected chi connectivity index (χ3v) is 17.9. The van der Waals surface area contributed by atoms with Crippen LogP contribution in [0.4, 0.5) is 0 Å². The van der Waals surface area contributed by atoms with E-state index in [1.54, 1.807) is 6.92 Å². The van der Waals surface area contributed by atoms with Crippen LogP contribution in [0.15, 0.2) is 12.2 Å². The smallest absolute Gasteiger partial charge is 0.187 e. The number of hydrogen-bond donors (Lipinski definition) is 8. The Morgan fingerprint density at radius 1 is 0.727 bits per heavy atom. The Hall–Kier alpha value is -0.780. The first-order valence-corrected chi connectivity index (χ1v) is 20.9. The van der Waals surface area contributed by atoms with E-state index in [-0.39, 0.29) is 51.4 Å². The fourth-order valence-corrected chi connectivity index (χ4v) is 14.3. The summed E-state index contributed by atoms with van der Waals surface area (Å²) in [5, 5.41) is 87.0. The summed E-state index contributed by atoms with van der Waals surface area (Å²) in [6.45, 7) is 15.4. The summed E-state index contributed by atoms with van der Waals surface area (Å²) in [5.74, 6) is 0.449. The molecule has 55 heavy (non-hydrogen) atoms. The third-order valence-electron chi connectivity index (χ3n) is 17.9.